The van der Waals surface area contributed by atoms with Crippen molar-refractivity contribution < 1.29 is 14.3 Å². The highest BCUT2D eigenvalue weighted by Crippen LogP contribution is 2.49. The maximum atomic E-state index is 15.2. The standard InChI is InChI=1S/C26H45N7O3/c34-23-8-2-5-15-32(23)26(30-11-3-1-4-12-30)24(35)33(31-13-6-7-14-31)22-25(26,28-16-9-27-10-17-28)29-18-20-36-21-19-29/h27H,1-22H2. The second kappa shape index (κ2) is 10.5. The lowest BCUT2D eigenvalue weighted by Crippen LogP contribution is -2.85. The minimum Gasteiger partial charge on any atom is -0.379 e. The van der Waals surface area contributed by atoms with Gasteiger partial charge in [0.25, 0.3) is 5.91 Å². The molecule has 0 aromatic carbocycles. The number of nitrogens with zero attached hydrogens (tertiary/aromatic N) is 6. The largest absolute Gasteiger partial charge is 0.379 e. The molecule has 0 radical (unpaired) electrons. The summed E-state index contributed by atoms with van der Waals surface area (Å²) in [6, 6.07) is 0. The Labute approximate surface area is 215 Å². The van der Waals surface area contributed by atoms with Gasteiger partial charge in [-0.25, -0.2) is 5.01 Å². The molecule has 0 aromatic heterocycles. The van der Waals surface area contributed by atoms with Gasteiger partial charge in [0, 0.05) is 78.4 Å². The first-order chi connectivity index (χ1) is 17.7. The smallest absolute Gasteiger partial charge is 0.281 e. The number of hydrogen-bond acceptors (Lipinski definition) is 8. The van der Waals surface area contributed by atoms with Crippen LogP contribution < -0.4 is 5.32 Å². The van der Waals surface area contributed by atoms with Gasteiger partial charge in [-0.2, -0.15) is 0 Å². The van der Waals surface area contributed by atoms with E-state index in [-0.39, 0.29) is 11.8 Å². The van der Waals surface area contributed by atoms with Gasteiger partial charge in [-0.05, 0) is 38.5 Å². The monoisotopic (exact) mass is 503 g/mol. The number of likely N-dealkylation sites (tertiary alicyclic amines) is 2. The van der Waals surface area contributed by atoms with E-state index >= 15 is 4.79 Å². The summed E-state index contributed by atoms with van der Waals surface area (Å²) in [6.45, 7) is 11.4. The summed E-state index contributed by atoms with van der Waals surface area (Å²) in [7, 11) is 0. The van der Waals surface area contributed by atoms with Crippen molar-refractivity contribution >= 4 is 11.8 Å². The van der Waals surface area contributed by atoms with E-state index < -0.39 is 11.3 Å². The van der Waals surface area contributed by atoms with Crippen LogP contribution in [-0.2, 0) is 14.3 Å². The Bertz CT molecular complexity index is 785. The second-order valence-corrected chi connectivity index (χ2v) is 11.4. The Morgan fingerprint density at radius 2 is 1.31 bits per heavy atom. The molecule has 6 rings (SSSR count). The highest BCUT2D eigenvalue weighted by Gasteiger charge is 2.75. The van der Waals surface area contributed by atoms with Crippen LogP contribution in [0.4, 0.5) is 0 Å². The first-order valence-corrected chi connectivity index (χ1v) is 14.6. The van der Waals surface area contributed by atoms with Crippen LogP contribution in [0.15, 0.2) is 0 Å². The molecule has 36 heavy (non-hydrogen) atoms. The number of piperidine rings is 2. The number of hydrogen-bond donors (Lipinski definition) is 1. The van der Waals surface area contributed by atoms with Crippen molar-refractivity contribution in [3.63, 3.8) is 0 Å². The molecule has 1 N–H and O–H groups in total. The van der Waals surface area contributed by atoms with Crippen LogP contribution in [0.5, 0.6) is 0 Å². The normalized spacial score (nSPS) is 36.8. The lowest BCUT2D eigenvalue weighted by molar-refractivity contribution is -0.221. The van der Waals surface area contributed by atoms with Crippen molar-refractivity contribution in [3.05, 3.63) is 0 Å². The Balaban J connectivity index is 1.57. The zero-order valence-corrected chi connectivity index (χ0v) is 22.0. The summed E-state index contributed by atoms with van der Waals surface area (Å²) >= 11 is 0. The fourth-order valence-electron chi connectivity index (χ4n) is 7.98. The third kappa shape index (κ3) is 3.82. The topological polar surface area (TPSA) is 74.8 Å². The lowest BCUT2D eigenvalue weighted by atomic mass is 9.83. The average Bonchev–Trinajstić information content (AvgIpc) is 3.56. The summed E-state index contributed by atoms with van der Waals surface area (Å²) in [4.78, 5) is 38.8. The molecular weight excluding hydrogens is 458 g/mol. The Morgan fingerprint density at radius 1 is 0.667 bits per heavy atom. The predicted molar refractivity (Wildman–Crippen MR) is 136 cm³/mol. The number of hydrazine groups is 1. The van der Waals surface area contributed by atoms with Crippen molar-refractivity contribution in [1.29, 1.82) is 0 Å². The molecule has 2 unspecified atom stereocenters. The van der Waals surface area contributed by atoms with E-state index in [0.29, 0.717) is 32.7 Å². The number of rotatable bonds is 5. The maximum absolute atomic E-state index is 15.2. The summed E-state index contributed by atoms with van der Waals surface area (Å²) in [5.41, 5.74) is -1.59. The van der Waals surface area contributed by atoms with Crippen LogP contribution in [0.3, 0.4) is 0 Å². The fraction of sp³-hybridized carbons (Fsp3) is 0.923. The lowest BCUT2D eigenvalue weighted by Gasteiger charge is -2.63. The van der Waals surface area contributed by atoms with Crippen LogP contribution in [0.25, 0.3) is 0 Å². The summed E-state index contributed by atoms with van der Waals surface area (Å²) in [5, 5.41) is 7.95. The van der Waals surface area contributed by atoms with E-state index in [9.17, 15) is 4.79 Å². The molecule has 0 aromatic rings. The Hall–Kier alpha value is -1.30. The molecule has 10 nitrogen and oxygen atoms in total. The molecule has 0 saturated carbocycles. The van der Waals surface area contributed by atoms with Crippen molar-refractivity contribution in [2.24, 2.45) is 0 Å². The number of carbonyl (C=O) groups excluding carboxylic acids is 2. The third-order valence-corrected chi connectivity index (χ3v) is 9.59. The van der Waals surface area contributed by atoms with Gasteiger partial charge >= 0.3 is 0 Å². The molecule has 2 atom stereocenters. The maximum Gasteiger partial charge on any atom is 0.281 e. The van der Waals surface area contributed by atoms with Gasteiger partial charge in [0.1, 0.15) is 5.66 Å². The first kappa shape index (κ1) is 25.0. The van der Waals surface area contributed by atoms with Crippen LogP contribution in [0, 0.1) is 0 Å². The zero-order valence-electron chi connectivity index (χ0n) is 22.0. The van der Waals surface area contributed by atoms with Crippen LogP contribution in [-0.4, -0.2) is 145 Å². The number of carbonyl (C=O) groups is 2. The Kier molecular flexibility index (Phi) is 7.26. The molecule has 6 aliphatic rings. The molecular formula is C26H45N7O3. The number of morpholine rings is 1. The van der Waals surface area contributed by atoms with Gasteiger partial charge < -0.3 is 15.0 Å². The van der Waals surface area contributed by atoms with E-state index in [4.69, 9.17) is 4.74 Å². The summed E-state index contributed by atoms with van der Waals surface area (Å²) < 4.78 is 5.85. The molecule has 2 amide bonds. The molecule has 6 aliphatic heterocycles. The highest BCUT2D eigenvalue weighted by molar-refractivity contribution is 5.95. The minimum absolute atomic E-state index is 0.145. The van der Waals surface area contributed by atoms with Crippen LogP contribution in [0.1, 0.15) is 51.4 Å². The molecule has 6 heterocycles. The molecule has 0 aliphatic carbocycles. The van der Waals surface area contributed by atoms with Crippen molar-refractivity contribution in [1.82, 2.24) is 34.9 Å². The van der Waals surface area contributed by atoms with E-state index in [1.54, 1.807) is 0 Å². The van der Waals surface area contributed by atoms with E-state index in [0.717, 1.165) is 104 Å². The third-order valence-electron chi connectivity index (χ3n) is 9.59. The van der Waals surface area contributed by atoms with Crippen molar-refractivity contribution in [3.8, 4) is 0 Å². The number of piperazine rings is 1. The molecule has 0 spiro atoms. The zero-order chi connectivity index (χ0) is 24.6. The van der Waals surface area contributed by atoms with Gasteiger partial charge in [-0.3, -0.25) is 29.3 Å². The first-order valence-electron chi connectivity index (χ1n) is 14.6. The summed E-state index contributed by atoms with van der Waals surface area (Å²) in [6.07, 6.45) is 8.06. The number of amides is 2. The second-order valence-electron chi connectivity index (χ2n) is 11.4. The molecule has 6 saturated heterocycles. The van der Waals surface area contributed by atoms with Gasteiger partial charge in [-0.1, -0.05) is 6.42 Å². The van der Waals surface area contributed by atoms with Crippen molar-refractivity contribution in [2.45, 2.75) is 62.7 Å². The van der Waals surface area contributed by atoms with E-state index in [1.807, 2.05) is 0 Å². The number of ether oxygens (including phenoxy) is 1. The van der Waals surface area contributed by atoms with Gasteiger partial charge in [-0.15, -0.1) is 0 Å². The fourth-order valence-corrected chi connectivity index (χ4v) is 7.98. The number of nitrogens with one attached hydrogen (secondary N) is 1. The molecule has 6 fully saturated rings. The van der Waals surface area contributed by atoms with Gasteiger partial charge in [0.2, 0.25) is 11.6 Å². The van der Waals surface area contributed by atoms with Gasteiger partial charge in [0.15, 0.2) is 0 Å². The molecule has 10 heteroatoms. The van der Waals surface area contributed by atoms with Gasteiger partial charge in [0.05, 0.1) is 19.8 Å². The van der Waals surface area contributed by atoms with Crippen molar-refractivity contribution in [2.75, 3.05) is 91.8 Å². The SMILES string of the molecule is O=C1CCCCN1C1(N2CCCCC2)C(=O)N(N2CCCC2)CC1(N1CCNCC1)N1CCOCC1. The average molecular weight is 504 g/mol. The predicted octanol–water partition coefficient (Wildman–Crippen LogP) is -0.0322. The minimum atomic E-state index is -0.998. The molecule has 202 valence electrons. The van der Waals surface area contributed by atoms with E-state index in [2.05, 4.69) is 34.9 Å². The van der Waals surface area contributed by atoms with Crippen LogP contribution >= 0.6 is 0 Å². The highest BCUT2D eigenvalue weighted by atomic mass is 16.5. The van der Waals surface area contributed by atoms with Crippen LogP contribution in [0.2, 0.25) is 0 Å². The summed E-state index contributed by atoms with van der Waals surface area (Å²) in [5.74, 6) is 0.308. The molecule has 0 bridgehead atoms. The quantitative estimate of drug-likeness (QED) is 0.561. The van der Waals surface area contributed by atoms with E-state index in [1.165, 1.54) is 6.42 Å². The Morgan fingerprint density at radius 3 is 2.00 bits per heavy atom.